The molecule has 0 radical (unpaired) electrons. The molecule has 0 unspecified atom stereocenters. The van der Waals surface area contributed by atoms with Gasteiger partial charge in [0.15, 0.2) is 23.0 Å². The van der Waals surface area contributed by atoms with Gasteiger partial charge in [-0.1, -0.05) is 0 Å². The lowest BCUT2D eigenvalue weighted by Crippen LogP contribution is -2.00. The van der Waals surface area contributed by atoms with Crippen LogP contribution in [0.5, 0.6) is 17.2 Å². The molecule has 0 bridgehead atoms. The predicted octanol–water partition coefficient (Wildman–Crippen LogP) is 4.05. The van der Waals surface area contributed by atoms with Crippen LogP contribution in [0.1, 0.15) is 0 Å². The lowest BCUT2D eigenvalue weighted by molar-refractivity contribution is 0.324. The van der Waals surface area contributed by atoms with Crippen LogP contribution in [0.3, 0.4) is 0 Å². The molecule has 0 aliphatic heterocycles. The van der Waals surface area contributed by atoms with Gasteiger partial charge >= 0.3 is 0 Å². The number of benzene rings is 2. The van der Waals surface area contributed by atoms with Crippen LogP contribution in [-0.4, -0.2) is 45.5 Å². The van der Waals surface area contributed by atoms with Crippen molar-refractivity contribution in [3.8, 4) is 28.6 Å². The molecule has 3 aromatic heterocycles. The van der Waals surface area contributed by atoms with Crippen molar-refractivity contribution in [2.45, 2.75) is 0 Å². The highest BCUT2D eigenvalue weighted by molar-refractivity contribution is 5.84. The second kappa shape index (κ2) is 7.77. The zero-order chi connectivity index (χ0) is 22.2. The highest BCUT2D eigenvalue weighted by atomic mass is 16.5. The highest BCUT2D eigenvalue weighted by Gasteiger charge is 2.17. The van der Waals surface area contributed by atoms with Gasteiger partial charge in [0.2, 0.25) is 11.7 Å². The van der Waals surface area contributed by atoms with Crippen LogP contribution in [0.2, 0.25) is 0 Å². The first kappa shape index (κ1) is 19.7. The first-order valence-corrected chi connectivity index (χ1v) is 9.95. The molecule has 162 valence electrons. The Bertz CT molecular complexity index is 1410. The van der Waals surface area contributed by atoms with Crippen molar-refractivity contribution < 1.29 is 14.2 Å². The van der Waals surface area contributed by atoms with Gasteiger partial charge in [-0.25, -0.2) is 4.98 Å². The molecule has 0 amide bonds. The van der Waals surface area contributed by atoms with Gasteiger partial charge in [-0.15, -0.1) is 5.10 Å². The third-order valence-electron chi connectivity index (χ3n) is 5.32. The van der Waals surface area contributed by atoms with Gasteiger partial charge in [0.1, 0.15) is 0 Å². The van der Waals surface area contributed by atoms with Crippen LogP contribution >= 0.6 is 0 Å². The normalized spacial score (nSPS) is 11.1. The minimum atomic E-state index is 0.474. The molecule has 9 heteroatoms. The Hall–Kier alpha value is -4.27. The van der Waals surface area contributed by atoms with Crippen LogP contribution in [0.15, 0.2) is 54.9 Å². The lowest BCUT2D eigenvalue weighted by Gasteiger charge is -2.14. The van der Waals surface area contributed by atoms with Gasteiger partial charge in [-0.05, 0) is 36.4 Å². The molecule has 0 saturated heterocycles. The Labute approximate surface area is 184 Å². The summed E-state index contributed by atoms with van der Waals surface area (Å²) in [4.78, 5) is 9.13. The molecule has 1 N–H and O–H groups in total. The summed E-state index contributed by atoms with van der Waals surface area (Å²) in [5.41, 5.74) is 3.48. The van der Waals surface area contributed by atoms with Crippen LogP contribution in [0.4, 0.5) is 11.6 Å². The van der Waals surface area contributed by atoms with Gasteiger partial charge in [-0.2, -0.15) is 9.50 Å². The number of hydrogen-bond acceptors (Lipinski definition) is 7. The Morgan fingerprint density at radius 3 is 2.41 bits per heavy atom. The fraction of sp³-hybridized carbons (Fsp3) is 0.174. The molecule has 0 fully saturated rings. The summed E-state index contributed by atoms with van der Waals surface area (Å²) in [6, 6.07) is 13.7. The van der Waals surface area contributed by atoms with E-state index < -0.39 is 0 Å². The maximum atomic E-state index is 5.48. The SMILES string of the molecule is COc1cc(-c2nccc3nc(Nc4ccc5c(ccn5C)c4)nn23)cc(OC)c1OC. The van der Waals surface area contributed by atoms with Crippen molar-refractivity contribution in [2.24, 2.45) is 7.05 Å². The fourth-order valence-electron chi connectivity index (χ4n) is 3.77. The van der Waals surface area contributed by atoms with E-state index in [0.717, 1.165) is 22.2 Å². The smallest absolute Gasteiger partial charge is 0.247 e. The first-order valence-electron chi connectivity index (χ1n) is 9.95. The van der Waals surface area contributed by atoms with Gasteiger partial charge < -0.3 is 24.1 Å². The maximum absolute atomic E-state index is 5.48. The molecule has 32 heavy (non-hydrogen) atoms. The maximum Gasteiger partial charge on any atom is 0.247 e. The number of aryl methyl sites for hydroxylation is 1. The van der Waals surface area contributed by atoms with E-state index in [1.54, 1.807) is 38.1 Å². The fourth-order valence-corrected chi connectivity index (χ4v) is 3.77. The largest absolute Gasteiger partial charge is 0.493 e. The summed E-state index contributed by atoms with van der Waals surface area (Å²) in [6.45, 7) is 0. The van der Waals surface area contributed by atoms with E-state index in [-0.39, 0.29) is 0 Å². The topological polar surface area (TPSA) is 87.7 Å². The Morgan fingerprint density at radius 2 is 1.69 bits per heavy atom. The minimum absolute atomic E-state index is 0.474. The van der Waals surface area contributed by atoms with Crippen molar-refractivity contribution in [3.63, 3.8) is 0 Å². The highest BCUT2D eigenvalue weighted by Crippen LogP contribution is 2.40. The van der Waals surface area contributed by atoms with E-state index in [1.165, 1.54) is 0 Å². The van der Waals surface area contributed by atoms with Gasteiger partial charge in [0, 0.05) is 47.7 Å². The van der Waals surface area contributed by atoms with E-state index in [0.29, 0.717) is 34.7 Å². The zero-order valence-corrected chi connectivity index (χ0v) is 18.2. The zero-order valence-electron chi connectivity index (χ0n) is 18.2. The second-order valence-corrected chi connectivity index (χ2v) is 7.21. The summed E-state index contributed by atoms with van der Waals surface area (Å²) in [6.07, 6.45) is 3.73. The summed E-state index contributed by atoms with van der Waals surface area (Å²) >= 11 is 0. The number of fused-ring (bicyclic) bond motifs is 2. The molecule has 0 atom stereocenters. The molecule has 2 aromatic carbocycles. The number of anilines is 2. The summed E-state index contributed by atoms with van der Waals surface area (Å²) < 4.78 is 20.2. The molecule has 0 aliphatic rings. The summed E-state index contributed by atoms with van der Waals surface area (Å²) in [5, 5.41) is 9.06. The number of hydrogen-bond donors (Lipinski definition) is 1. The first-order chi connectivity index (χ1) is 15.6. The third kappa shape index (κ3) is 3.24. The number of nitrogens with zero attached hydrogens (tertiary/aromatic N) is 5. The van der Waals surface area contributed by atoms with Crippen molar-refractivity contribution in [1.82, 2.24) is 24.1 Å². The predicted molar refractivity (Wildman–Crippen MR) is 122 cm³/mol. The number of nitrogens with one attached hydrogen (secondary N) is 1. The molecule has 5 aromatic rings. The van der Waals surface area contributed by atoms with Crippen LogP contribution in [-0.2, 0) is 7.05 Å². The van der Waals surface area contributed by atoms with E-state index in [4.69, 9.17) is 14.2 Å². The van der Waals surface area contributed by atoms with E-state index in [9.17, 15) is 0 Å². The number of rotatable bonds is 6. The minimum Gasteiger partial charge on any atom is -0.493 e. The summed E-state index contributed by atoms with van der Waals surface area (Å²) in [5.74, 6) is 2.66. The van der Waals surface area contributed by atoms with Crippen LogP contribution in [0.25, 0.3) is 27.9 Å². The van der Waals surface area contributed by atoms with Crippen LogP contribution < -0.4 is 19.5 Å². The van der Waals surface area contributed by atoms with E-state index >= 15 is 0 Å². The molecule has 9 nitrogen and oxygen atoms in total. The average molecular weight is 430 g/mol. The molecular weight excluding hydrogens is 408 g/mol. The van der Waals surface area contributed by atoms with Crippen molar-refractivity contribution in [3.05, 3.63) is 54.9 Å². The Morgan fingerprint density at radius 1 is 0.906 bits per heavy atom. The van der Waals surface area contributed by atoms with Crippen molar-refractivity contribution >= 4 is 28.2 Å². The molecule has 0 saturated carbocycles. The third-order valence-corrected chi connectivity index (χ3v) is 5.32. The number of methoxy groups -OCH3 is 3. The van der Waals surface area contributed by atoms with Crippen molar-refractivity contribution in [2.75, 3.05) is 26.6 Å². The standard InChI is InChI=1S/C23H22N6O3/c1-28-10-8-14-11-16(5-6-17(14)28)25-23-26-20-7-9-24-22(29(20)27-23)15-12-18(30-2)21(32-4)19(13-15)31-3/h5-13H,1-4H3,(H,25,27). The number of ether oxygens (including phenoxy) is 3. The summed E-state index contributed by atoms with van der Waals surface area (Å²) in [7, 11) is 6.75. The monoisotopic (exact) mass is 430 g/mol. The van der Waals surface area contributed by atoms with E-state index in [1.807, 2.05) is 31.4 Å². The second-order valence-electron chi connectivity index (χ2n) is 7.21. The molecular formula is C23H22N6O3. The van der Waals surface area contributed by atoms with Gasteiger partial charge in [0.05, 0.1) is 21.3 Å². The van der Waals surface area contributed by atoms with E-state index in [2.05, 4.69) is 43.1 Å². The van der Waals surface area contributed by atoms with Gasteiger partial charge in [-0.3, -0.25) is 0 Å². The Kier molecular flexibility index (Phi) is 4.78. The molecule has 3 heterocycles. The lowest BCUT2D eigenvalue weighted by atomic mass is 10.1. The van der Waals surface area contributed by atoms with Crippen molar-refractivity contribution in [1.29, 1.82) is 0 Å². The number of aromatic nitrogens is 5. The molecule has 5 rings (SSSR count). The van der Waals surface area contributed by atoms with Gasteiger partial charge in [0.25, 0.3) is 0 Å². The average Bonchev–Trinajstić information content (AvgIpc) is 3.40. The quantitative estimate of drug-likeness (QED) is 0.435. The Balaban J connectivity index is 1.56. The molecule has 0 spiro atoms. The molecule has 0 aliphatic carbocycles. The van der Waals surface area contributed by atoms with Crippen LogP contribution in [0, 0.1) is 0 Å².